The zero-order valence-electron chi connectivity index (χ0n) is 10.2. The Kier molecular flexibility index (Phi) is 3.13. The Hall–Kier alpha value is -1.64. The van der Waals surface area contributed by atoms with E-state index in [4.69, 9.17) is 23.2 Å². The molecule has 2 nitrogen and oxygen atoms in total. The molecule has 0 fully saturated rings. The number of para-hydroxylation sites is 1. The topological polar surface area (TPSA) is 25.8 Å². The van der Waals surface area contributed by atoms with E-state index >= 15 is 0 Å². The van der Waals surface area contributed by atoms with E-state index in [1.54, 1.807) is 0 Å². The predicted molar refractivity (Wildman–Crippen MR) is 79.7 cm³/mol. The standard InChI is InChI=1S/C15H10Cl2N2/c1-9-5-4-7-11(13(9)16)15-18-12-8-3-2-6-10(12)14(17)19-15/h2-8H,1H3. The fourth-order valence-electron chi connectivity index (χ4n) is 1.98. The molecule has 0 N–H and O–H groups in total. The molecule has 3 aromatic rings. The monoisotopic (exact) mass is 288 g/mol. The lowest BCUT2D eigenvalue weighted by atomic mass is 10.1. The van der Waals surface area contributed by atoms with Gasteiger partial charge in [-0.3, -0.25) is 0 Å². The third kappa shape index (κ3) is 2.18. The molecule has 19 heavy (non-hydrogen) atoms. The van der Waals surface area contributed by atoms with Crippen molar-refractivity contribution in [2.75, 3.05) is 0 Å². The van der Waals surface area contributed by atoms with Gasteiger partial charge in [0.25, 0.3) is 0 Å². The van der Waals surface area contributed by atoms with Gasteiger partial charge in [0.2, 0.25) is 0 Å². The first-order chi connectivity index (χ1) is 9.16. The molecule has 0 unspecified atom stereocenters. The largest absolute Gasteiger partial charge is 0.228 e. The van der Waals surface area contributed by atoms with Crippen LogP contribution in [0.3, 0.4) is 0 Å². The van der Waals surface area contributed by atoms with Crippen LogP contribution in [0.15, 0.2) is 42.5 Å². The van der Waals surface area contributed by atoms with Crippen LogP contribution in [0.4, 0.5) is 0 Å². The van der Waals surface area contributed by atoms with Gasteiger partial charge in [-0.2, -0.15) is 0 Å². The van der Waals surface area contributed by atoms with E-state index in [2.05, 4.69) is 9.97 Å². The Morgan fingerprint density at radius 2 is 1.68 bits per heavy atom. The Bertz CT molecular complexity index is 769. The van der Waals surface area contributed by atoms with Crippen LogP contribution in [-0.2, 0) is 0 Å². The SMILES string of the molecule is Cc1cccc(-c2nc(Cl)c3ccccc3n2)c1Cl. The molecule has 4 heteroatoms. The van der Waals surface area contributed by atoms with Gasteiger partial charge in [0, 0.05) is 10.9 Å². The molecule has 0 aliphatic heterocycles. The number of hydrogen-bond acceptors (Lipinski definition) is 2. The highest BCUT2D eigenvalue weighted by Gasteiger charge is 2.11. The van der Waals surface area contributed by atoms with Crippen LogP contribution in [0.1, 0.15) is 5.56 Å². The second-order valence-corrected chi connectivity index (χ2v) is 5.03. The molecule has 0 atom stereocenters. The highest BCUT2D eigenvalue weighted by molar-refractivity contribution is 6.35. The normalized spacial score (nSPS) is 10.9. The summed E-state index contributed by atoms with van der Waals surface area (Å²) in [5, 5.41) is 1.95. The maximum atomic E-state index is 6.31. The van der Waals surface area contributed by atoms with Gasteiger partial charge in [0.1, 0.15) is 5.15 Å². The van der Waals surface area contributed by atoms with Crippen LogP contribution < -0.4 is 0 Å². The van der Waals surface area contributed by atoms with Crippen LogP contribution >= 0.6 is 23.2 Å². The molecular weight excluding hydrogens is 279 g/mol. The molecule has 94 valence electrons. The molecule has 0 saturated heterocycles. The molecule has 0 aliphatic rings. The lowest BCUT2D eigenvalue weighted by molar-refractivity contribution is 1.22. The summed E-state index contributed by atoms with van der Waals surface area (Å²) in [4.78, 5) is 8.87. The number of benzene rings is 2. The Morgan fingerprint density at radius 1 is 0.895 bits per heavy atom. The van der Waals surface area contributed by atoms with Gasteiger partial charge in [-0.15, -0.1) is 0 Å². The smallest absolute Gasteiger partial charge is 0.163 e. The average molecular weight is 289 g/mol. The summed E-state index contributed by atoms with van der Waals surface area (Å²) in [7, 11) is 0. The van der Waals surface area contributed by atoms with Gasteiger partial charge in [-0.05, 0) is 30.7 Å². The Morgan fingerprint density at radius 3 is 2.53 bits per heavy atom. The van der Waals surface area contributed by atoms with E-state index in [-0.39, 0.29) is 0 Å². The van der Waals surface area contributed by atoms with E-state index < -0.39 is 0 Å². The first kappa shape index (κ1) is 12.4. The molecule has 0 saturated carbocycles. The van der Waals surface area contributed by atoms with Crippen molar-refractivity contribution in [1.82, 2.24) is 9.97 Å². The maximum absolute atomic E-state index is 6.31. The molecule has 2 aromatic carbocycles. The minimum Gasteiger partial charge on any atom is -0.228 e. The van der Waals surface area contributed by atoms with E-state index in [1.807, 2.05) is 49.4 Å². The summed E-state index contributed by atoms with van der Waals surface area (Å²) in [5.74, 6) is 0.553. The third-order valence-corrected chi connectivity index (χ3v) is 3.78. The fourth-order valence-corrected chi connectivity index (χ4v) is 2.43. The third-order valence-electron chi connectivity index (χ3n) is 2.99. The lowest BCUT2D eigenvalue weighted by Gasteiger charge is -2.07. The number of aromatic nitrogens is 2. The van der Waals surface area contributed by atoms with Crippen molar-refractivity contribution in [1.29, 1.82) is 0 Å². The van der Waals surface area contributed by atoms with E-state index in [0.29, 0.717) is 16.0 Å². The van der Waals surface area contributed by atoms with Gasteiger partial charge in [-0.1, -0.05) is 47.5 Å². The van der Waals surface area contributed by atoms with Crippen LogP contribution in [0, 0.1) is 6.92 Å². The number of hydrogen-bond donors (Lipinski definition) is 0. The number of aryl methyl sites for hydroxylation is 1. The lowest BCUT2D eigenvalue weighted by Crippen LogP contribution is -1.93. The van der Waals surface area contributed by atoms with Crippen molar-refractivity contribution in [3.63, 3.8) is 0 Å². The van der Waals surface area contributed by atoms with E-state index in [0.717, 1.165) is 22.0 Å². The van der Waals surface area contributed by atoms with Crippen LogP contribution in [0.2, 0.25) is 10.2 Å². The average Bonchev–Trinajstić information content (AvgIpc) is 2.42. The molecule has 0 spiro atoms. The van der Waals surface area contributed by atoms with Gasteiger partial charge in [0.15, 0.2) is 5.82 Å². The maximum Gasteiger partial charge on any atom is 0.163 e. The molecule has 1 heterocycles. The van der Waals surface area contributed by atoms with Crippen LogP contribution in [-0.4, -0.2) is 9.97 Å². The predicted octanol–water partition coefficient (Wildman–Crippen LogP) is 4.91. The summed E-state index contributed by atoms with van der Waals surface area (Å²) in [6, 6.07) is 13.4. The summed E-state index contributed by atoms with van der Waals surface area (Å²) in [6.07, 6.45) is 0. The summed E-state index contributed by atoms with van der Waals surface area (Å²) >= 11 is 12.5. The number of nitrogens with zero attached hydrogens (tertiary/aromatic N) is 2. The first-order valence-corrected chi connectivity index (χ1v) is 6.60. The van der Waals surface area contributed by atoms with E-state index in [1.165, 1.54) is 0 Å². The number of rotatable bonds is 1. The van der Waals surface area contributed by atoms with Crippen molar-refractivity contribution in [3.05, 3.63) is 58.2 Å². The summed E-state index contributed by atoms with van der Waals surface area (Å²) in [5.41, 5.74) is 2.61. The number of fused-ring (bicyclic) bond motifs is 1. The van der Waals surface area contributed by atoms with Crippen molar-refractivity contribution >= 4 is 34.1 Å². The highest BCUT2D eigenvalue weighted by atomic mass is 35.5. The van der Waals surface area contributed by atoms with Crippen molar-refractivity contribution in [3.8, 4) is 11.4 Å². The molecule has 1 aromatic heterocycles. The molecule has 0 radical (unpaired) electrons. The molecule has 0 aliphatic carbocycles. The van der Waals surface area contributed by atoms with Gasteiger partial charge < -0.3 is 0 Å². The summed E-state index contributed by atoms with van der Waals surface area (Å²) < 4.78 is 0. The zero-order valence-corrected chi connectivity index (χ0v) is 11.7. The Balaban J connectivity index is 2.29. The Labute approximate surface area is 121 Å². The first-order valence-electron chi connectivity index (χ1n) is 5.84. The highest BCUT2D eigenvalue weighted by Crippen LogP contribution is 2.30. The zero-order chi connectivity index (χ0) is 13.4. The van der Waals surface area contributed by atoms with Crippen molar-refractivity contribution in [2.24, 2.45) is 0 Å². The van der Waals surface area contributed by atoms with Gasteiger partial charge in [0.05, 0.1) is 10.5 Å². The number of halogens is 2. The molecule has 0 bridgehead atoms. The fraction of sp³-hybridized carbons (Fsp3) is 0.0667. The second kappa shape index (κ2) is 4.80. The van der Waals surface area contributed by atoms with Crippen molar-refractivity contribution < 1.29 is 0 Å². The van der Waals surface area contributed by atoms with Crippen LogP contribution in [0.5, 0.6) is 0 Å². The second-order valence-electron chi connectivity index (χ2n) is 4.29. The quantitative estimate of drug-likeness (QED) is 0.595. The molecular formula is C15H10Cl2N2. The van der Waals surface area contributed by atoms with Gasteiger partial charge >= 0.3 is 0 Å². The van der Waals surface area contributed by atoms with Gasteiger partial charge in [-0.25, -0.2) is 9.97 Å². The minimum atomic E-state index is 0.443. The summed E-state index contributed by atoms with van der Waals surface area (Å²) in [6.45, 7) is 1.95. The minimum absolute atomic E-state index is 0.443. The molecule has 0 amide bonds. The van der Waals surface area contributed by atoms with Crippen LogP contribution in [0.25, 0.3) is 22.3 Å². The van der Waals surface area contributed by atoms with Crippen molar-refractivity contribution in [2.45, 2.75) is 6.92 Å². The molecule has 3 rings (SSSR count). The van der Waals surface area contributed by atoms with E-state index in [9.17, 15) is 0 Å².